The third-order valence-electron chi connectivity index (χ3n) is 2.02. The molecule has 0 aliphatic carbocycles. The average Bonchev–Trinajstić information content (AvgIpc) is 2.82. The molecular formula is C10H8N4O4. The molecule has 8 nitrogen and oxygen atoms in total. The third-order valence-corrected chi connectivity index (χ3v) is 2.02. The lowest BCUT2D eigenvalue weighted by Crippen LogP contribution is -2.19. The number of aromatic nitrogens is 1. The molecule has 0 unspecified atom stereocenters. The van der Waals surface area contributed by atoms with Crippen LogP contribution in [-0.2, 0) is 0 Å². The molecule has 0 atom stereocenters. The van der Waals surface area contributed by atoms with Crippen LogP contribution < -0.4 is 10.6 Å². The second-order valence-corrected chi connectivity index (χ2v) is 3.23. The minimum atomic E-state index is -0.652. The van der Waals surface area contributed by atoms with E-state index in [1.165, 1.54) is 30.5 Å². The van der Waals surface area contributed by atoms with Gasteiger partial charge in [-0.3, -0.25) is 15.4 Å². The number of hydrogen-bond acceptors (Lipinski definition) is 5. The quantitative estimate of drug-likeness (QED) is 0.639. The van der Waals surface area contributed by atoms with E-state index >= 15 is 0 Å². The smallest absolute Gasteiger partial charge is 0.326 e. The van der Waals surface area contributed by atoms with Crippen molar-refractivity contribution in [1.29, 1.82) is 0 Å². The first-order chi connectivity index (χ1) is 8.66. The molecule has 2 rings (SSSR count). The highest BCUT2D eigenvalue weighted by molar-refractivity contribution is 6.00. The zero-order chi connectivity index (χ0) is 13.0. The Morgan fingerprint density at radius 3 is 2.72 bits per heavy atom. The van der Waals surface area contributed by atoms with Gasteiger partial charge in [-0.1, -0.05) is 17.3 Å². The molecule has 0 spiro atoms. The van der Waals surface area contributed by atoms with Gasteiger partial charge in [0.05, 0.1) is 11.1 Å². The van der Waals surface area contributed by atoms with Gasteiger partial charge in [0, 0.05) is 12.1 Å². The molecule has 1 heterocycles. The minimum Gasteiger partial charge on any atom is -0.338 e. The molecule has 0 saturated heterocycles. The molecule has 1 aromatic heterocycles. The van der Waals surface area contributed by atoms with Gasteiger partial charge in [-0.15, -0.1) is 0 Å². The maximum atomic E-state index is 11.5. The van der Waals surface area contributed by atoms with E-state index < -0.39 is 11.0 Å². The number of carbonyl (C=O) groups excluding carboxylic acids is 1. The van der Waals surface area contributed by atoms with Gasteiger partial charge in [-0.25, -0.2) is 4.79 Å². The van der Waals surface area contributed by atoms with Crippen molar-refractivity contribution in [2.75, 3.05) is 10.6 Å². The maximum Gasteiger partial charge on any atom is 0.326 e. The van der Waals surface area contributed by atoms with Crippen molar-refractivity contribution in [1.82, 2.24) is 5.16 Å². The molecule has 0 aliphatic heterocycles. The molecule has 2 amide bonds. The minimum absolute atomic E-state index is 0.0968. The number of hydrogen-bond donors (Lipinski definition) is 2. The van der Waals surface area contributed by atoms with Gasteiger partial charge in [0.25, 0.3) is 5.69 Å². The first-order valence-electron chi connectivity index (χ1n) is 4.89. The van der Waals surface area contributed by atoms with Gasteiger partial charge in [0.15, 0.2) is 0 Å². The Kier molecular flexibility index (Phi) is 3.19. The summed E-state index contributed by atoms with van der Waals surface area (Å²) >= 11 is 0. The van der Waals surface area contributed by atoms with Crippen LogP contribution in [0.2, 0.25) is 0 Å². The van der Waals surface area contributed by atoms with E-state index in [-0.39, 0.29) is 17.3 Å². The van der Waals surface area contributed by atoms with Gasteiger partial charge < -0.3 is 9.84 Å². The van der Waals surface area contributed by atoms with Crippen LogP contribution in [0.5, 0.6) is 0 Å². The van der Waals surface area contributed by atoms with E-state index in [1.54, 1.807) is 6.07 Å². The Hall–Kier alpha value is -2.90. The molecule has 8 heteroatoms. The van der Waals surface area contributed by atoms with Crippen molar-refractivity contribution < 1.29 is 14.2 Å². The van der Waals surface area contributed by atoms with Crippen molar-refractivity contribution in [3.05, 3.63) is 46.6 Å². The largest absolute Gasteiger partial charge is 0.338 e. The summed E-state index contributed by atoms with van der Waals surface area (Å²) < 4.78 is 4.66. The molecule has 0 radical (unpaired) electrons. The summed E-state index contributed by atoms with van der Waals surface area (Å²) in [4.78, 5) is 21.7. The molecule has 1 aromatic carbocycles. The Balaban J connectivity index is 2.09. The average molecular weight is 248 g/mol. The lowest BCUT2D eigenvalue weighted by molar-refractivity contribution is -0.383. The second kappa shape index (κ2) is 4.95. The zero-order valence-corrected chi connectivity index (χ0v) is 8.99. The summed E-state index contributed by atoms with van der Waals surface area (Å²) in [5.41, 5.74) is -0.0928. The van der Waals surface area contributed by atoms with E-state index in [0.29, 0.717) is 0 Å². The van der Waals surface area contributed by atoms with Crippen LogP contribution in [0.3, 0.4) is 0 Å². The predicted octanol–water partition coefficient (Wildman–Crippen LogP) is 2.23. The molecule has 18 heavy (non-hydrogen) atoms. The third kappa shape index (κ3) is 2.61. The van der Waals surface area contributed by atoms with E-state index in [4.69, 9.17) is 0 Å². The standard InChI is InChI=1S/C10H8N4O4/c15-10(13-9-5-6-11-18-9)12-7-3-1-2-4-8(7)14(16)17/h1-6H,(H2,12,13,15). The van der Waals surface area contributed by atoms with Crippen molar-refractivity contribution >= 4 is 23.3 Å². The van der Waals surface area contributed by atoms with Crippen LogP contribution in [0, 0.1) is 10.1 Å². The SMILES string of the molecule is O=C(Nc1ccno1)Nc1ccccc1[N+](=O)[O-]. The number of nitro benzene ring substituents is 1. The number of rotatable bonds is 3. The van der Waals surface area contributed by atoms with Gasteiger partial charge in [0.1, 0.15) is 5.69 Å². The van der Waals surface area contributed by atoms with Gasteiger partial charge in [0.2, 0.25) is 5.88 Å². The lowest BCUT2D eigenvalue weighted by Gasteiger charge is -2.05. The first kappa shape index (κ1) is 11.6. The molecule has 92 valence electrons. The van der Waals surface area contributed by atoms with Gasteiger partial charge in [-0.05, 0) is 6.07 Å². The fourth-order valence-electron chi connectivity index (χ4n) is 1.28. The molecule has 2 aromatic rings. The summed E-state index contributed by atoms with van der Waals surface area (Å²) in [5.74, 6) is 0.145. The van der Waals surface area contributed by atoms with E-state index in [9.17, 15) is 14.9 Å². The van der Waals surface area contributed by atoms with Gasteiger partial charge >= 0.3 is 6.03 Å². The van der Waals surface area contributed by atoms with E-state index in [2.05, 4.69) is 20.3 Å². The highest BCUT2D eigenvalue weighted by atomic mass is 16.6. The maximum absolute atomic E-state index is 11.5. The summed E-state index contributed by atoms with van der Waals surface area (Å²) in [7, 11) is 0. The lowest BCUT2D eigenvalue weighted by atomic mass is 10.3. The van der Waals surface area contributed by atoms with Gasteiger partial charge in [-0.2, -0.15) is 0 Å². The Morgan fingerprint density at radius 1 is 1.28 bits per heavy atom. The number of nitro groups is 1. The van der Waals surface area contributed by atoms with Crippen LogP contribution in [0.1, 0.15) is 0 Å². The first-order valence-corrected chi connectivity index (χ1v) is 4.89. The number of amides is 2. The van der Waals surface area contributed by atoms with Crippen molar-refractivity contribution in [2.45, 2.75) is 0 Å². The van der Waals surface area contributed by atoms with Crippen LogP contribution in [-0.4, -0.2) is 16.1 Å². The number of para-hydroxylation sites is 2. The van der Waals surface area contributed by atoms with Crippen molar-refractivity contribution in [2.24, 2.45) is 0 Å². The number of anilines is 2. The van der Waals surface area contributed by atoms with E-state index in [0.717, 1.165) is 0 Å². The molecule has 0 saturated carbocycles. The summed E-state index contributed by atoms with van der Waals surface area (Å²) in [6.45, 7) is 0. The van der Waals surface area contributed by atoms with Crippen molar-refractivity contribution in [3.63, 3.8) is 0 Å². The number of nitrogens with one attached hydrogen (secondary N) is 2. The molecule has 0 aliphatic rings. The fraction of sp³-hybridized carbons (Fsp3) is 0. The topological polar surface area (TPSA) is 110 Å². The normalized spacial score (nSPS) is 9.78. The predicted molar refractivity (Wildman–Crippen MR) is 62.2 cm³/mol. The van der Waals surface area contributed by atoms with Crippen LogP contribution in [0.4, 0.5) is 22.1 Å². The molecule has 0 fully saturated rings. The van der Waals surface area contributed by atoms with Crippen LogP contribution >= 0.6 is 0 Å². The Bertz CT molecular complexity index is 567. The van der Waals surface area contributed by atoms with Crippen LogP contribution in [0.25, 0.3) is 0 Å². The summed E-state index contributed by atoms with van der Waals surface area (Å²) in [6, 6.07) is 6.61. The molecule has 0 bridgehead atoms. The van der Waals surface area contributed by atoms with Crippen molar-refractivity contribution in [3.8, 4) is 0 Å². The fourth-order valence-corrected chi connectivity index (χ4v) is 1.28. The van der Waals surface area contributed by atoms with Crippen LogP contribution in [0.15, 0.2) is 41.1 Å². The Labute approximate surface area is 101 Å². The highest BCUT2D eigenvalue weighted by Gasteiger charge is 2.15. The molecule has 2 N–H and O–H groups in total. The number of carbonyl (C=O) groups is 1. The monoisotopic (exact) mass is 248 g/mol. The second-order valence-electron chi connectivity index (χ2n) is 3.23. The number of nitrogens with zero attached hydrogens (tertiary/aromatic N) is 2. The highest BCUT2D eigenvalue weighted by Crippen LogP contribution is 2.23. The number of urea groups is 1. The van der Waals surface area contributed by atoms with E-state index in [1.807, 2.05) is 0 Å². The molecular weight excluding hydrogens is 240 g/mol. The zero-order valence-electron chi connectivity index (χ0n) is 8.99. The summed E-state index contributed by atoms with van der Waals surface area (Å²) in [5, 5.41) is 18.8. The number of benzene rings is 1. The summed E-state index contributed by atoms with van der Waals surface area (Å²) in [6.07, 6.45) is 1.36. The Morgan fingerprint density at radius 2 is 2.06 bits per heavy atom.